The summed E-state index contributed by atoms with van der Waals surface area (Å²) in [6.07, 6.45) is 1.63. The van der Waals surface area contributed by atoms with E-state index in [4.69, 9.17) is 0 Å². The van der Waals surface area contributed by atoms with Crippen LogP contribution in [0.1, 0.15) is 0 Å². The van der Waals surface area contributed by atoms with Crippen molar-refractivity contribution in [1.29, 1.82) is 0 Å². The van der Waals surface area contributed by atoms with Crippen LogP contribution in [0.4, 0.5) is 5.95 Å². The number of hydrogen-bond donors (Lipinski definition) is 3. The second-order valence-electron chi connectivity index (χ2n) is 4.16. The molecule has 0 atom stereocenters. The molecule has 3 N–H and O–H groups in total. The third-order valence-corrected chi connectivity index (χ3v) is 2.93. The zero-order valence-corrected chi connectivity index (χ0v) is 9.81. The van der Waals surface area contributed by atoms with E-state index in [9.17, 15) is 4.79 Å². The first-order chi connectivity index (χ1) is 8.83. The zero-order chi connectivity index (χ0) is 12.4. The molecular formula is C11H14N6O. The molecule has 0 radical (unpaired) electrons. The van der Waals surface area contributed by atoms with Crippen molar-refractivity contribution in [2.45, 2.75) is 0 Å². The van der Waals surface area contributed by atoms with E-state index in [1.807, 2.05) is 0 Å². The van der Waals surface area contributed by atoms with Gasteiger partial charge >= 0.3 is 0 Å². The Morgan fingerprint density at radius 3 is 2.78 bits per heavy atom. The van der Waals surface area contributed by atoms with E-state index >= 15 is 0 Å². The molecule has 7 heteroatoms. The largest absolute Gasteiger partial charge is 0.337 e. The summed E-state index contributed by atoms with van der Waals surface area (Å²) in [6, 6.07) is 3.20. The average Bonchev–Trinajstić information content (AvgIpc) is 2.90. The van der Waals surface area contributed by atoms with Gasteiger partial charge in [0.2, 0.25) is 11.5 Å². The number of pyridine rings is 1. The summed E-state index contributed by atoms with van der Waals surface area (Å²) in [5, 5.41) is 10.4. The summed E-state index contributed by atoms with van der Waals surface area (Å²) in [6.45, 7) is 3.71. The molecule has 18 heavy (non-hydrogen) atoms. The molecule has 2 aromatic rings. The average molecular weight is 246 g/mol. The molecule has 94 valence electrons. The summed E-state index contributed by atoms with van der Waals surface area (Å²) >= 11 is 0. The highest BCUT2D eigenvalue weighted by Gasteiger charge is 2.15. The van der Waals surface area contributed by atoms with Crippen molar-refractivity contribution in [3.63, 3.8) is 0 Å². The van der Waals surface area contributed by atoms with E-state index in [-0.39, 0.29) is 5.56 Å². The molecule has 0 bridgehead atoms. The van der Waals surface area contributed by atoms with E-state index < -0.39 is 0 Å². The lowest BCUT2D eigenvalue weighted by Gasteiger charge is -2.25. The molecule has 0 saturated carbocycles. The number of hydrogen-bond acceptors (Lipinski definition) is 5. The van der Waals surface area contributed by atoms with Crippen molar-refractivity contribution in [2.75, 3.05) is 31.1 Å². The molecule has 3 heterocycles. The van der Waals surface area contributed by atoms with Crippen LogP contribution in [0.15, 0.2) is 23.1 Å². The molecule has 0 aromatic carbocycles. The van der Waals surface area contributed by atoms with Gasteiger partial charge < -0.3 is 15.2 Å². The van der Waals surface area contributed by atoms with Gasteiger partial charge in [-0.25, -0.2) is 0 Å². The lowest BCUT2D eigenvalue weighted by molar-refractivity contribution is 0.580. The maximum absolute atomic E-state index is 11.0. The Morgan fingerprint density at radius 1 is 1.22 bits per heavy atom. The van der Waals surface area contributed by atoms with Crippen LogP contribution in [-0.4, -0.2) is 46.3 Å². The molecule has 3 rings (SSSR count). The number of aromatic amines is 2. The molecule has 7 nitrogen and oxygen atoms in total. The Balaban J connectivity index is 1.84. The van der Waals surface area contributed by atoms with E-state index in [0.29, 0.717) is 11.8 Å². The molecule has 1 saturated heterocycles. The molecule has 0 spiro atoms. The molecule has 0 amide bonds. The van der Waals surface area contributed by atoms with Crippen LogP contribution in [0.2, 0.25) is 0 Å². The number of piperazine rings is 1. The van der Waals surface area contributed by atoms with E-state index in [0.717, 1.165) is 31.7 Å². The van der Waals surface area contributed by atoms with Gasteiger partial charge in [-0.1, -0.05) is 0 Å². The van der Waals surface area contributed by atoms with E-state index in [1.54, 1.807) is 12.3 Å². The first-order valence-electron chi connectivity index (χ1n) is 5.90. The smallest absolute Gasteiger partial charge is 0.247 e. The van der Waals surface area contributed by atoms with Gasteiger partial charge in [-0.2, -0.15) is 4.98 Å². The first kappa shape index (κ1) is 11.0. The molecule has 1 aliphatic heterocycles. The standard InChI is InChI=1S/C11H14N6O/c18-9-2-1-8(7-13-9)10-14-11(16-15-10)17-5-3-12-4-6-17/h1-2,7,12H,3-6H2,(H,13,18)(H,14,15,16). The monoisotopic (exact) mass is 246 g/mol. The summed E-state index contributed by atoms with van der Waals surface area (Å²) in [5.41, 5.74) is 0.698. The molecule has 0 unspecified atom stereocenters. The minimum Gasteiger partial charge on any atom is -0.337 e. The van der Waals surface area contributed by atoms with Crippen molar-refractivity contribution in [2.24, 2.45) is 0 Å². The van der Waals surface area contributed by atoms with Gasteiger partial charge in [0.1, 0.15) is 0 Å². The zero-order valence-electron chi connectivity index (χ0n) is 9.81. The van der Waals surface area contributed by atoms with Crippen molar-refractivity contribution >= 4 is 5.95 Å². The van der Waals surface area contributed by atoms with Crippen molar-refractivity contribution in [3.8, 4) is 11.4 Å². The number of H-pyrrole nitrogens is 2. The first-order valence-corrected chi connectivity index (χ1v) is 5.90. The van der Waals surface area contributed by atoms with E-state index in [1.165, 1.54) is 6.07 Å². The summed E-state index contributed by atoms with van der Waals surface area (Å²) < 4.78 is 0. The van der Waals surface area contributed by atoms with Crippen LogP contribution >= 0.6 is 0 Å². The molecule has 1 aliphatic rings. The highest BCUT2D eigenvalue weighted by molar-refractivity contribution is 5.54. The van der Waals surface area contributed by atoms with Crippen LogP contribution in [0, 0.1) is 0 Å². The van der Waals surface area contributed by atoms with E-state index in [2.05, 4.69) is 30.4 Å². The van der Waals surface area contributed by atoms with Gasteiger partial charge in [-0.3, -0.25) is 9.89 Å². The molecular weight excluding hydrogens is 232 g/mol. The van der Waals surface area contributed by atoms with Crippen molar-refractivity contribution in [3.05, 3.63) is 28.7 Å². The van der Waals surface area contributed by atoms with Gasteiger partial charge in [0.25, 0.3) is 0 Å². The van der Waals surface area contributed by atoms with Crippen LogP contribution in [-0.2, 0) is 0 Å². The second-order valence-corrected chi connectivity index (χ2v) is 4.16. The fraction of sp³-hybridized carbons (Fsp3) is 0.364. The van der Waals surface area contributed by atoms with Crippen LogP contribution in [0.5, 0.6) is 0 Å². The molecule has 0 aliphatic carbocycles. The quantitative estimate of drug-likeness (QED) is 0.669. The van der Waals surface area contributed by atoms with Gasteiger partial charge in [0.05, 0.1) is 0 Å². The van der Waals surface area contributed by atoms with Crippen LogP contribution in [0.25, 0.3) is 11.4 Å². The fourth-order valence-electron chi connectivity index (χ4n) is 1.95. The molecule has 2 aromatic heterocycles. The Hall–Kier alpha value is -2.15. The number of anilines is 1. The number of nitrogens with one attached hydrogen (secondary N) is 3. The minimum absolute atomic E-state index is 0.124. The lowest BCUT2D eigenvalue weighted by atomic mass is 10.3. The summed E-state index contributed by atoms with van der Waals surface area (Å²) in [7, 11) is 0. The van der Waals surface area contributed by atoms with Crippen molar-refractivity contribution < 1.29 is 0 Å². The van der Waals surface area contributed by atoms with Gasteiger partial charge in [0, 0.05) is 44.0 Å². The Kier molecular flexibility index (Phi) is 2.81. The normalized spacial score (nSPS) is 15.9. The Morgan fingerprint density at radius 2 is 2.06 bits per heavy atom. The fourth-order valence-corrected chi connectivity index (χ4v) is 1.95. The second kappa shape index (κ2) is 4.61. The number of rotatable bonds is 2. The number of nitrogens with zero attached hydrogens (tertiary/aromatic N) is 3. The lowest BCUT2D eigenvalue weighted by Crippen LogP contribution is -2.44. The molecule has 1 fully saturated rings. The predicted octanol–water partition coefficient (Wildman–Crippen LogP) is -0.430. The number of aromatic nitrogens is 4. The predicted molar refractivity (Wildman–Crippen MR) is 67.5 cm³/mol. The Labute approximate surface area is 103 Å². The highest BCUT2D eigenvalue weighted by Crippen LogP contribution is 2.15. The van der Waals surface area contributed by atoms with Crippen LogP contribution in [0.3, 0.4) is 0 Å². The third-order valence-electron chi connectivity index (χ3n) is 2.93. The minimum atomic E-state index is -0.124. The van der Waals surface area contributed by atoms with Gasteiger partial charge in [-0.15, -0.1) is 5.10 Å². The third kappa shape index (κ3) is 2.12. The maximum Gasteiger partial charge on any atom is 0.247 e. The highest BCUT2D eigenvalue weighted by atomic mass is 16.1. The summed E-state index contributed by atoms with van der Waals surface area (Å²) in [5.74, 6) is 1.37. The van der Waals surface area contributed by atoms with Crippen LogP contribution < -0.4 is 15.8 Å². The summed E-state index contributed by atoms with van der Waals surface area (Å²) in [4.78, 5) is 20.2. The van der Waals surface area contributed by atoms with Crippen molar-refractivity contribution in [1.82, 2.24) is 25.5 Å². The van der Waals surface area contributed by atoms with Gasteiger partial charge in [-0.05, 0) is 6.07 Å². The van der Waals surface area contributed by atoms with Gasteiger partial charge in [0.15, 0.2) is 5.82 Å². The SMILES string of the molecule is O=c1ccc(-c2nc(N3CCNCC3)n[nH]2)c[nH]1. The Bertz CT molecular complexity index is 563. The maximum atomic E-state index is 11.0. The topological polar surface area (TPSA) is 89.7 Å².